The number of phenols is 3. The largest absolute Gasteiger partial charge is 0.504 e. The Morgan fingerprint density at radius 2 is 1.78 bits per heavy atom. The molecule has 2 rings (SSSR count). The SMILES string of the molecule is Oc1ccc(CNc2cccc(I)c2)c(O)c1O. The van der Waals surface area contributed by atoms with Gasteiger partial charge in [0.25, 0.3) is 0 Å². The molecule has 18 heavy (non-hydrogen) atoms. The molecule has 0 fully saturated rings. The molecule has 0 amide bonds. The predicted octanol–water partition coefficient (Wildman–Crippen LogP) is 3.02. The van der Waals surface area contributed by atoms with Gasteiger partial charge < -0.3 is 20.6 Å². The lowest BCUT2D eigenvalue weighted by Crippen LogP contribution is -1.99. The summed E-state index contributed by atoms with van der Waals surface area (Å²) < 4.78 is 1.11. The second-order valence-corrected chi connectivity index (χ2v) is 5.05. The highest BCUT2D eigenvalue weighted by molar-refractivity contribution is 14.1. The molecule has 0 saturated carbocycles. The van der Waals surface area contributed by atoms with Crippen molar-refractivity contribution in [3.8, 4) is 17.2 Å². The fraction of sp³-hybridized carbons (Fsp3) is 0.0769. The van der Waals surface area contributed by atoms with Gasteiger partial charge in [-0.05, 0) is 52.9 Å². The third-order valence-electron chi connectivity index (χ3n) is 2.52. The minimum atomic E-state index is -0.489. The van der Waals surface area contributed by atoms with Crippen LogP contribution in [-0.2, 0) is 6.54 Å². The van der Waals surface area contributed by atoms with Gasteiger partial charge in [-0.3, -0.25) is 0 Å². The van der Waals surface area contributed by atoms with Crippen LogP contribution < -0.4 is 5.32 Å². The molecule has 0 atom stereocenters. The second kappa shape index (κ2) is 5.34. The first-order valence-electron chi connectivity index (χ1n) is 5.30. The quantitative estimate of drug-likeness (QED) is 0.503. The lowest BCUT2D eigenvalue weighted by molar-refractivity contribution is 0.365. The number of aromatic hydroxyl groups is 3. The summed E-state index contributed by atoms with van der Waals surface area (Å²) in [4.78, 5) is 0. The average molecular weight is 357 g/mol. The van der Waals surface area contributed by atoms with Gasteiger partial charge in [0.2, 0.25) is 5.75 Å². The highest BCUT2D eigenvalue weighted by Crippen LogP contribution is 2.37. The summed E-state index contributed by atoms with van der Waals surface area (Å²) in [5, 5.41) is 31.4. The maximum Gasteiger partial charge on any atom is 0.200 e. The molecule has 0 unspecified atom stereocenters. The zero-order valence-corrected chi connectivity index (χ0v) is 11.5. The first kappa shape index (κ1) is 12.8. The van der Waals surface area contributed by atoms with E-state index in [9.17, 15) is 15.3 Å². The highest BCUT2D eigenvalue weighted by atomic mass is 127. The van der Waals surface area contributed by atoms with E-state index >= 15 is 0 Å². The van der Waals surface area contributed by atoms with Gasteiger partial charge in [-0.2, -0.15) is 0 Å². The number of nitrogens with one attached hydrogen (secondary N) is 1. The molecule has 0 spiro atoms. The van der Waals surface area contributed by atoms with Crippen molar-refractivity contribution in [3.05, 3.63) is 45.5 Å². The van der Waals surface area contributed by atoms with Crippen molar-refractivity contribution in [1.29, 1.82) is 0 Å². The first-order valence-corrected chi connectivity index (χ1v) is 6.38. The number of hydrogen-bond acceptors (Lipinski definition) is 4. The summed E-state index contributed by atoms with van der Waals surface area (Å²) in [6.45, 7) is 0.361. The molecule has 0 radical (unpaired) electrons. The average Bonchev–Trinajstić information content (AvgIpc) is 2.35. The van der Waals surface area contributed by atoms with Gasteiger partial charge in [-0.1, -0.05) is 6.07 Å². The molecular weight excluding hydrogens is 345 g/mol. The number of halogens is 1. The molecule has 0 aromatic heterocycles. The van der Waals surface area contributed by atoms with Crippen LogP contribution in [0.3, 0.4) is 0 Å². The van der Waals surface area contributed by atoms with Crippen LogP contribution in [0.2, 0.25) is 0 Å². The van der Waals surface area contributed by atoms with Crippen LogP contribution in [0, 0.1) is 3.57 Å². The Hall–Kier alpha value is -1.63. The van der Waals surface area contributed by atoms with Gasteiger partial charge in [0, 0.05) is 21.4 Å². The van der Waals surface area contributed by atoms with Crippen molar-refractivity contribution in [2.75, 3.05) is 5.32 Å². The molecule has 2 aromatic rings. The van der Waals surface area contributed by atoms with Crippen molar-refractivity contribution in [3.63, 3.8) is 0 Å². The Morgan fingerprint density at radius 3 is 2.50 bits per heavy atom. The summed E-state index contributed by atoms with van der Waals surface area (Å²) in [7, 11) is 0. The summed E-state index contributed by atoms with van der Waals surface area (Å²) in [5.74, 6) is -1.12. The summed E-state index contributed by atoms with van der Waals surface area (Å²) in [6.07, 6.45) is 0. The molecule has 5 heteroatoms. The van der Waals surface area contributed by atoms with Gasteiger partial charge in [0.1, 0.15) is 0 Å². The van der Waals surface area contributed by atoms with E-state index in [1.165, 1.54) is 6.07 Å². The normalized spacial score (nSPS) is 10.3. The Kier molecular flexibility index (Phi) is 3.81. The molecule has 4 N–H and O–H groups in total. The van der Waals surface area contributed by atoms with Crippen molar-refractivity contribution in [1.82, 2.24) is 0 Å². The molecule has 0 aliphatic heterocycles. The molecule has 2 aromatic carbocycles. The molecule has 0 bridgehead atoms. The number of rotatable bonds is 3. The molecule has 0 heterocycles. The van der Waals surface area contributed by atoms with E-state index < -0.39 is 5.75 Å². The smallest absolute Gasteiger partial charge is 0.200 e. The predicted molar refractivity (Wildman–Crippen MR) is 77.9 cm³/mol. The van der Waals surface area contributed by atoms with E-state index in [1.807, 2.05) is 24.3 Å². The van der Waals surface area contributed by atoms with Gasteiger partial charge >= 0.3 is 0 Å². The van der Waals surface area contributed by atoms with Crippen LogP contribution >= 0.6 is 22.6 Å². The molecule has 0 aliphatic rings. The van der Waals surface area contributed by atoms with Gasteiger partial charge in [0.15, 0.2) is 11.5 Å². The van der Waals surface area contributed by atoms with E-state index in [1.54, 1.807) is 6.07 Å². The minimum absolute atomic E-state index is 0.298. The van der Waals surface area contributed by atoms with Crippen molar-refractivity contribution < 1.29 is 15.3 Å². The van der Waals surface area contributed by atoms with Crippen LogP contribution in [0.4, 0.5) is 5.69 Å². The lowest BCUT2D eigenvalue weighted by atomic mass is 10.1. The standard InChI is InChI=1S/C13H12INO3/c14-9-2-1-3-10(6-9)15-7-8-4-5-11(16)13(18)12(8)17/h1-6,15-18H,7H2. The minimum Gasteiger partial charge on any atom is -0.504 e. The van der Waals surface area contributed by atoms with Crippen molar-refractivity contribution >= 4 is 28.3 Å². The maximum absolute atomic E-state index is 9.66. The first-order chi connectivity index (χ1) is 8.58. The Labute approximate surface area is 118 Å². The van der Waals surface area contributed by atoms with Gasteiger partial charge in [0.05, 0.1) is 0 Å². The lowest BCUT2D eigenvalue weighted by Gasteiger charge is -2.10. The van der Waals surface area contributed by atoms with Crippen LogP contribution in [0.15, 0.2) is 36.4 Å². The molecule has 94 valence electrons. The van der Waals surface area contributed by atoms with E-state index in [0.29, 0.717) is 12.1 Å². The summed E-state index contributed by atoms with van der Waals surface area (Å²) >= 11 is 2.21. The molecule has 0 aliphatic carbocycles. The van der Waals surface area contributed by atoms with Gasteiger partial charge in [-0.15, -0.1) is 0 Å². The van der Waals surface area contributed by atoms with Crippen LogP contribution in [0.1, 0.15) is 5.56 Å². The zero-order valence-electron chi connectivity index (χ0n) is 9.39. The zero-order chi connectivity index (χ0) is 13.1. The second-order valence-electron chi connectivity index (χ2n) is 3.80. The Morgan fingerprint density at radius 1 is 1.00 bits per heavy atom. The van der Waals surface area contributed by atoms with E-state index in [0.717, 1.165) is 9.26 Å². The number of phenolic OH excluding ortho intramolecular Hbond substituents is 3. The highest BCUT2D eigenvalue weighted by Gasteiger charge is 2.10. The number of anilines is 1. The third kappa shape index (κ3) is 2.79. The maximum atomic E-state index is 9.66. The Balaban J connectivity index is 2.14. The Bertz CT molecular complexity index is 572. The monoisotopic (exact) mass is 357 g/mol. The van der Waals surface area contributed by atoms with E-state index in [2.05, 4.69) is 27.9 Å². The van der Waals surface area contributed by atoms with Crippen molar-refractivity contribution in [2.24, 2.45) is 0 Å². The third-order valence-corrected chi connectivity index (χ3v) is 3.19. The van der Waals surface area contributed by atoms with E-state index in [-0.39, 0.29) is 11.5 Å². The van der Waals surface area contributed by atoms with Crippen molar-refractivity contribution in [2.45, 2.75) is 6.54 Å². The van der Waals surface area contributed by atoms with Crippen LogP contribution in [0.25, 0.3) is 0 Å². The fourth-order valence-corrected chi connectivity index (χ4v) is 2.09. The summed E-state index contributed by atoms with van der Waals surface area (Å²) in [6, 6.07) is 10.7. The fourth-order valence-electron chi connectivity index (χ4n) is 1.55. The molecule has 0 saturated heterocycles. The molecular formula is C13H12INO3. The van der Waals surface area contributed by atoms with Gasteiger partial charge in [-0.25, -0.2) is 0 Å². The van der Waals surface area contributed by atoms with Crippen LogP contribution in [0.5, 0.6) is 17.2 Å². The van der Waals surface area contributed by atoms with E-state index in [4.69, 9.17) is 0 Å². The number of hydrogen-bond donors (Lipinski definition) is 4. The topological polar surface area (TPSA) is 72.7 Å². The number of benzene rings is 2. The van der Waals surface area contributed by atoms with Crippen LogP contribution in [-0.4, -0.2) is 15.3 Å². The summed E-state index contributed by atoms with van der Waals surface area (Å²) in [5.41, 5.74) is 1.44. The molecule has 4 nitrogen and oxygen atoms in total.